The smallest absolute Gasteiger partial charge is 0.431 e. The number of ether oxygens (including phenoxy) is 2. The highest BCUT2D eigenvalue weighted by Gasteiger charge is 2.08. The minimum absolute atomic E-state index is 0.138. The van der Waals surface area contributed by atoms with Gasteiger partial charge in [-0.2, -0.15) is 5.26 Å². The van der Waals surface area contributed by atoms with Crippen molar-refractivity contribution in [3.8, 4) is 6.07 Å². The van der Waals surface area contributed by atoms with Gasteiger partial charge in [0.15, 0.2) is 6.61 Å². The van der Waals surface area contributed by atoms with Crippen molar-refractivity contribution in [3.63, 3.8) is 0 Å². The maximum absolute atomic E-state index is 10.7. The molecule has 0 aromatic rings. The van der Waals surface area contributed by atoms with Gasteiger partial charge >= 0.3 is 6.16 Å². The summed E-state index contributed by atoms with van der Waals surface area (Å²) in [5, 5.41) is 8.07. The SMILES string of the molecule is CCCC(C)OC(=O)OCC#N. The second-order valence-corrected chi connectivity index (χ2v) is 2.41. The van der Waals surface area contributed by atoms with Gasteiger partial charge < -0.3 is 9.47 Å². The van der Waals surface area contributed by atoms with Gasteiger partial charge in [-0.15, -0.1) is 0 Å². The lowest BCUT2D eigenvalue weighted by Gasteiger charge is -2.10. The van der Waals surface area contributed by atoms with Crippen molar-refractivity contribution in [3.05, 3.63) is 0 Å². The number of carbonyl (C=O) groups is 1. The van der Waals surface area contributed by atoms with E-state index in [4.69, 9.17) is 10.00 Å². The standard InChI is InChI=1S/C8H13NO3/c1-3-4-7(2)12-8(10)11-6-5-9/h7H,3-4,6H2,1-2H3. The summed E-state index contributed by atoms with van der Waals surface area (Å²) in [5.41, 5.74) is 0. The Morgan fingerprint density at radius 3 is 2.83 bits per heavy atom. The molecule has 0 fully saturated rings. The van der Waals surface area contributed by atoms with E-state index in [1.54, 1.807) is 13.0 Å². The monoisotopic (exact) mass is 171 g/mol. The zero-order valence-corrected chi connectivity index (χ0v) is 7.37. The van der Waals surface area contributed by atoms with Crippen LogP contribution in [0.5, 0.6) is 0 Å². The Hall–Kier alpha value is -1.24. The number of carbonyl (C=O) groups excluding carboxylic acids is 1. The molecule has 0 aliphatic heterocycles. The van der Waals surface area contributed by atoms with E-state index in [0.717, 1.165) is 12.8 Å². The molecule has 12 heavy (non-hydrogen) atoms. The molecular formula is C8H13NO3. The highest BCUT2D eigenvalue weighted by Crippen LogP contribution is 2.01. The van der Waals surface area contributed by atoms with Crippen LogP contribution in [0.3, 0.4) is 0 Å². The molecule has 0 aliphatic rings. The summed E-state index contributed by atoms with van der Waals surface area (Å²) in [6, 6.07) is 1.68. The van der Waals surface area contributed by atoms with Crippen molar-refractivity contribution >= 4 is 6.16 Å². The zero-order chi connectivity index (χ0) is 9.40. The predicted molar refractivity (Wildman–Crippen MR) is 42.4 cm³/mol. The Morgan fingerprint density at radius 2 is 2.33 bits per heavy atom. The quantitative estimate of drug-likeness (QED) is 0.605. The first-order valence-corrected chi connectivity index (χ1v) is 3.91. The van der Waals surface area contributed by atoms with Crippen LogP contribution >= 0.6 is 0 Å². The minimum atomic E-state index is -0.766. The van der Waals surface area contributed by atoms with Gasteiger partial charge in [-0.1, -0.05) is 13.3 Å². The first-order valence-electron chi connectivity index (χ1n) is 3.91. The number of nitrogens with zero attached hydrogens (tertiary/aromatic N) is 1. The van der Waals surface area contributed by atoms with Crippen LogP contribution < -0.4 is 0 Å². The van der Waals surface area contributed by atoms with E-state index in [2.05, 4.69) is 4.74 Å². The molecule has 0 saturated heterocycles. The largest absolute Gasteiger partial charge is 0.509 e. The van der Waals surface area contributed by atoms with Gasteiger partial charge in [0.25, 0.3) is 0 Å². The molecule has 0 radical (unpaired) electrons. The maximum atomic E-state index is 10.7. The molecule has 0 N–H and O–H groups in total. The first kappa shape index (κ1) is 10.8. The third-order valence-corrected chi connectivity index (χ3v) is 1.25. The van der Waals surface area contributed by atoms with E-state index < -0.39 is 6.16 Å². The molecule has 0 bridgehead atoms. The summed E-state index contributed by atoms with van der Waals surface area (Å²) in [6.07, 6.45) is 0.854. The maximum Gasteiger partial charge on any atom is 0.509 e. The lowest BCUT2D eigenvalue weighted by molar-refractivity contribution is 0.0336. The Kier molecular flexibility index (Phi) is 5.80. The van der Waals surface area contributed by atoms with E-state index in [0.29, 0.717) is 0 Å². The molecule has 68 valence electrons. The summed E-state index contributed by atoms with van der Waals surface area (Å²) in [5.74, 6) is 0. The van der Waals surface area contributed by atoms with Gasteiger partial charge in [0.05, 0.1) is 0 Å². The van der Waals surface area contributed by atoms with E-state index in [1.807, 2.05) is 6.92 Å². The summed E-state index contributed by atoms with van der Waals surface area (Å²) < 4.78 is 9.17. The summed E-state index contributed by atoms with van der Waals surface area (Å²) in [7, 11) is 0. The van der Waals surface area contributed by atoms with Crippen molar-refractivity contribution < 1.29 is 14.3 Å². The minimum Gasteiger partial charge on any atom is -0.431 e. The van der Waals surface area contributed by atoms with Crippen molar-refractivity contribution in [2.45, 2.75) is 32.8 Å². The van der Waals surface area contributed by atoms with E-state index in [-0.39, 0.29) is 12.7 Å². The summed E-state index contributed by atoms with van der Waals surface area (Å²) >= 11 is 0. The average molecular weight is 171 g/mol. The van der Waals surface area contributed by atoms with Crippen LogP contribution in [-0.4, -0.2) is 18.9 Å². The average Bonchev–Trinajstić information content (AvgIpc) is 2.01. The normalized spacial score (nSPS) is 11.4. The van der Waals surface area contributed by atoms with Crippen LogP contribution in [0.4, 0.5) is 4.79 Å². The van der Waals surface area contributed by atoms with Crippen molar-refractivity contribution in [2.24, 2.45) is 0 Å². The van der Waals surface area contributed by atoms with Gasteiger partial charge in [-0.05, 0) is 13.3 Å². The molecule has 0 aromatic heterocycles. The molecule has 4 nitrogen and oxygen atoms in total. The fraction of sp³-hybridized carbons (Fsp3) is 0.750. The number of hydrogen-bond acceptors (Lipinski definition) is 4. The molecule has 4 heteroatoms. The molecule has 0 amide bonds. The predicted octanol–water partition coefficient (Wildman–Crippen LogP) is 1.85. The second kappa shape index (κ2) is 6.47. The lowest BCUT2D eigenvalue weighted by Crippen LogP contribution is -2.15. The fourth-order valence-electron chi connectivity index (χ4n) is 0.755. The van der Waals surface area contributed by atoms with E-state index >= 15 is 0 Å². The van der Waals surface area contributed by atoms with Crippen LogP contribution in [0.1, 0.15) is 26.7 Å². The van der Waals surface area contributed by atoms with Crippen LogP contribution in [0.15, 0.2) is 0 Å². The zero-order valence-electron chi connectivity index (χ0n) is 7.37. The highest BCUT2D eigenvalue weighted by atomic mass is 16.7. The molecular weight excluding hydrogens is 158 g/mol. The van der Waals surface area contributed by atoms with E-state index in [9.17, 15) is 4.79 Å². The molecule has 0 aromatic carbocycles. The topological polar surface area (TPSA) is 59.3 Å². The van der Waals surface area contributed by atoms with Crippen molar-refractivity contribution in [2.75, 3.05) is 6.61 Å². The summed E-state index contributed by atoms with van der Waals surface area (Å²) in [6.45, 7) is 3.54. The van der Waals surface area contributed by atoms with Gasteiger partial charge in [0, 0.05) is 0 Å². The summed E-state index contributed by atoms with van der Waals surface area (Å²) in [4.78, 5) is 10.7. The Balaban J connectivity index is 3.48. The van der Waals surface area contributed by atoms with Gasteiger partial charge in [-0.25, -0.2) is 4.79 Å². The van der Waals surface area contributed by atoms with E-state index in [1.165, 1.54) is 0 Å². The number of rotatable bonds is 4. The first-order chi connectivity index (χ1) is 5.70. The van der Waals surface area contributed by atoms with Crippen molar-refractivity contribution in [1.82, 2.24) is 0 Å². The molecule has 0 rings (SSSR count). The van der Waals surface area contributed by atoms with Gasteiger partial charge in [-0.3, -0.25) is 0 Å². The molecule has 0 saturated carbocycles. The van der Waals surface area contributed by atoms with Gasteiger partial charge in [0.2, 0.25) is 0 Å². The second-order valence-electron chi connectivity index (χ2n) is 2.41. The van der Waals surface area contributed by atoms with Crippen molar-refractivity contribution in [1.29, 1.82) is 5.26 Å². The Bertz CT molecular complexity index is 174. The van der Waals surface area contributed by atoms with Crippen LogP contribution in [0.2, 0.25) is 0 Å². The highest BCUT2D eigenvalue weighted by molar-refractivity contribution is 5.60. The lowest BCUT2D eigenvalue weighted by atomic mass is 10.2. The number of nitriles is 1. The van der Waals surface area contributed by atoms with Gasteiger partial charge in [0.1, 0.15) is 12.2 Å². The molecule has 1 unspecified atom stereocenters. The van der Waals surface area contributed by atoms with Crippen LogP contribution in [0.25, 0.3) is 0 Å². The number of hydrogen-bond donors (Lipinski definition) is 0. The Labute approximate surface area is 72.1 Å². The molecule has 0 heterocycles. The molecule has 1 atom stereocenters. The third kappa shape index (κ3) is 5.54. The molecule has 0 aliphatic carbocycles. The fourth-order valence-corrected chi connectivity index (χ4v) is 0.755. The molecule has 0 spiro atoms. The Morgan fingerprint density at radius 1 is 1.67 bits per heavy atom. The van der Waals surface area contributed by atoms with Crippen LogP contribution in [-0.2, 0) is 9.47 Å². The third-order valence-electron chi connectivity index (χ3n) is 1.25. The van der Waals surface area contributed by atoms with Crippen LogP contribution in [0, 0.1) is 11.3 Å².